The van der Waals surface area contributed by atoms with Crippen molar-refractivity contribution in [2.24, 2.45) is 5.41 Å². The lowest BCUT2D eigenvalue weighted by Crippen LogP contribution is -2.23. The molecule has 0 fully saturated rings. The van der Waals surface area contributed by atoms with Crippen LogP contribution in [-0.2, 0) is 9.53 Å². The van der Waals surface area contributed by atoms with E-state index in [1.807, 2.05) is 11.8 Å². The van der Waals surface area contributed by atoms with Gasteiger partial charge >= 0.3 is 5.97 Å². The van der Waals surface area contributed by atoms with Crippen LogP contribution in [0.3, 0.4) is 0 Å². The summed E-state index contributed by atoms with van der Waals surface area (Å²) in [5.74, 6) is 1.42. The van der Waals surface area contributed by atoms with Crippen molar-refractivity contribution in [1.29, 1.82) is 0 Å². The lowest BCUT2D eigenvalue weighted by atomic mass is 9.88. The third-order valence-corrected chi connectivity index (χ3v) is 3.38. The second-order valence-corrected chi connectivity index (χ2v) is 5.48. The average molecular weight is 234 g/mol. The largest absolute Gasteiger partial charge is 0.481 e. The molecule has 90 valence electrons. The molecule has 0 radical (unpaired) electrons. The van der Waals surface area contributed by atoms with Gasteiger partial charge in [0.2, 0.25) is 0 Å². The molecule has 4 heteroatoms. The van der Waals surface area contributed by atoms with Crippen LogP contribution in [0.5, 0.6) is 0 Å². The minimum absolute atomic E-state index is 0.572. The molecule has 0 spiro atoms. The Balaban J connectivity index is 3.35. The summed E-state index contributed by atoms with van der Waals surface area (Å²) in [6, 6.07) is 0. The zero-order chi connectivity index (χ0) is 11.7. The predicted molar refractivity (Wildman–Crippen MR) is 64.5 cm³/mol. The van der Waals surface area contributed by atoms with Crippen molar-refractivity contribution in [3.05, 3.63) is 0 Å². The molecule has 0 unspecified atom stereocenters. The molecule has 0 aromatic carbocycles. The molecule has 0 amide bonds. The molecule has 0 aliphatic heterocycles. The lowest BCUT2D eigenvalue weighted by Gasteiger charge is -2.18. The molecule has 0 aliphatic rings. The van der Waals surface area contributed by atoms with Gasteiger partial charge in [0.1, 0.15) is 0 Å². The van der Waals surface area contributed by atoms with Gasteiger partial charge in [-0.25, -0.2) is 0 Å². The van der Waals surface area contributed by atoms with Crippen LogP contribution in [0.4, 0.5) is 0 Å². The molecule has 15 heavy (non-hydrogen) atoms. The standard InChI is InChI=1S/C11H22O3S/c1-11(2,10(12)13)6-4-5-8-15-9-7-14-3/h4-9H2,1-3H3,(H,12,13). The highest BCUT2D eigenvalue weighted by Gasteiger charge is 2.25. The van der Waals surface area contributed by atoms with E-state index in [2.05, 4.69) is 0 Å². The van der Waals surface area contributed by atoms with Gasteiger partial charge in [-0.05, 0) is 32.4 Å². The summed E-state index contributed by atoms with van der Waals surface area (Å²) in [6.07, 6.45) is 2.83. The first-order valence-electron chi connectivity index (χ1n) is 5.31. The second kappa shape index (κ2) is 7.99. The van der Waals surface area contributed by atoms with E-state index in [-0.39, 0.29) is 0 Å². The summed E-state index contributed by atoms with van der Waals surface area (Å²) in [7, 11) is 1.70. The van der Waals surface area contributed by atoms with Crippen LogP contribution < -0.4 is 0 Å². The van der Waals surface area contributed by atoms with E-state index >= 15 is 0 Å². The number of hydrogen-bond donors (Lipinski definition) is 1. The minimum atomic E-state index is -0.700. The Kier molecular flexibility index (Phi) is 7.88. The first-order valence-corrected chi connectivity index (χ1v) is 6.46. The molecule has 0 aromatic rings. The Morgan fingerprint density at radius 1 is 1.33 bits per heavy atom. The molecule has 0 saturated heterocycles. The van der Waals surface area contributed by atoms with Gasteiger partial charge < -0.3 is 9.84 Å². The predicted octanol–water partition coefficient (Wildman–Crippen LogP) is 2.65. The van der Waals surface area contributed by atoms with E-state index < -0.39 is 11.4 Å². The summed E-state index contributed by atoms with van der Waals surface area (Å²) < 4.78 is 4.94. The molecule has 0 aliphatic carbocycles. The van der Waals surface area contributed by atoms with E-state index in [1.165, 1.54) is 0 Å². The molecule has 0 heterocycles. The van der Waals surface area contributed by atoms with Crippen LogP contribution in [0.1, 0.15) is 33.1 Å². The monoisotopic (exact) mass is 234 g/mol. The van der Waals surface area contributed by atoms with Crippen LogP contribution in [0.25, 0.3) is 0 Å². The van der Waals surface area contributed by atoms with Gasteiger partial charge in [-0.3, -0.25) is 4.79 Å². The number of hydrogen-bond acceptors (Lipinski definition) is 3. The number of unbranched alkanes of at least 4 members (excludes halogenated alkanes) is 1. The molecule has 0 aromatic heterocycles. The smallest absolute Gasteiger partial charge is 0.309 e. The lowest BCUT2D eigenvalue weighted by molar-refractivity contribution is -0.147. The molecule has 0 atom stereocenters. The fourth-order valence-corrected chi connectivity index (χ4v) is 2.02. The first-order chi connectivity index (χ1) is 7.00. The minimum Gasteiger partial charge on any atom is -0.481 e. The Morgan fingerprint density at radius 3 is 2.53 bits per heavy atom. The number of thioether (sulfide) groups is 1. The van der Waals surface area contributed by atoms with Crippen LogP contribution >= 0.6 is 11.8 Å². The third kappa shape index (κ3) is 7.68. The van der Waals surface area contributed by atoms with E-state index in [0.29, 0.717) is 0 Å². The van der Waals surface area contributed by atoms with Crippen molar-refractivity contribution in [1.82, 2.24) is 0 Å². The Labute approximate surface area is 96.6 Å². The summed E-state index contributed by atoms with van der Waals surface area (Å²) in [5, 5.41) is 8.89. The fourth-order valence-electron chi connectivity index (χ4n) is 1.12. The SMILES string of the molecule is COCCSCCCCC(C)(C)C(=O)O. The van der Waals surface area contributed by atoms with Gasteiger partial charge in [0.05, 0.1) is 12.0 Å². The van der Waals surface area contributed by atoms with Gasteiger partial charge in [-0.2, -0.15) is 11.8 Å². The van der Waals surface area contributed by atoms with E-state index in [1.54, 1.807) is 21.0 Å². The zero-order valence-electron chi connectivity index (χ0n) is 9.91. The quantitative estimate of drug-likeness (QED) is 0.623. The highest BCUT2D eigenvalue weighted by molar-refractivity contribution is 7.99. The number of carboxylic acids is 1. The summed E-state index contributed by atoms with van der Waals surface area (Å²) in [6.45, 7) is 4.37. The number of carboxylic acid groups (broad SMARTS) is 1. The van der Waals surface area contributed by atoms with E-state index in [0.717, 1.165) is 37.4 Å². The maximum absolute atomic E-state index is 10.8. The van der Waals surface area contributed by atoms with Crippen LogP contribution in [0.2, 0.25) is 0 Å². The van der Waals surface area contributed by atoms with Crippen LogP contribution in [-0.4, -0.2) is 36.3 Å². The number of methoxy groups -OCH3 is 1. The van der Waals surface area contributed by atoms with Gasteiger partial charge in [0, 0.05) is 12.9 Å². The topological polar surface area (TPSA) is 46.5 Å². The summed E-state index contributed by atoms with van der Waals surface area (Å²) >= 11 is 1.86. The van der Waals surface area contributed by atoms with E-state index in [4.69, 9.17) is 9.84 Å². The van der Waals surface area contributed by atoms with Crippen molar-refractivity contribution >= 4 is 17.7 Å². The average Bonchev–Trinajstić information content (AvgIpc) is 2.16. The van der Waals surface area contributed by atoms with Crippen LogP contribution in [0, 0.1) is 5.41 Å². The van der Waals surface area contributed by atoms with Crippen molar-refractivity contribution in [2.75, 3.05) is 25.2 Å². The second-order valence-electron chi connectivity index (χ2n) is 4.25. The summed E-state index contributed by atoms with van der Waals surface area (Å²) in [5.41, 5.74) is -0.572. The zero-order valence-corrected chi connectivity index (χ0v) is 10.7. The maximum Gasteiger partial charge on any atom is 0.309 e. The number of aliphatic carboxylic acids is 1. The maximum atomic E-state index is 10.8. The van der Waals surface area contributed by atoms with Crippen molar-refractivity contribution in [3.8, 4) is 0 Å². The van der Waals surface area contributed by atoms with Crippen molar-refractivity contribution in [2.45, 2.75) is 33.1 Å². The Morgan fingerprint density at radius 2 is 2.00 bits per heavy atom. The van der Waals surface area contributed by atoms with Crippen molar-refractivity contribution in [3.63, 3.8) is 0 Å². The molecule has 1 N–H and O–H groups in total. The molecule has 3 nitrogen and oxygen atoms in total. The molecule has 0 bridgehead atoms. The highest BCUT2D eigenvalue weighted by atomic mass is 32.2. The van der Waals surface area contributed by atoms with E-state index in [9.17, 15) is 4.79 Å². The number of ether oxygens (including phenoxy) is 1. The first kappa shape index (κ1) is 14.8. The van der Waals surface area contributed by atoms with Gasteiger partial charge in [-0.1, -0.05) is 6.42 Å². The Hall–Kier alpha value is -0.220. The molecule has 0 saturated carbocycles. The van der Waals surface area contributed by atoms with Gasteiger partial charge in [0.15, 0.2) is 0 Å². The molecular weight excluding hydrogens is 212 g/mol. The van der Waals surface area contributed by atoms with Gasteiger partial charge in [0.25, 0.3) is 0 Å². The van der Waals surface area contributed by atoms with Crippen molar-refractivity contribution < 1.29 is 14.6 Å². The number of rotatable bonds is 9. The highest BCUT2D eigenvalue weighted by Crippen LogP contribution is 2.23. The normalized spacial score (nSPS) is 11.7. The Bertz CT molecular complexity index is 181. The summed E-state index contributed by atoms with van der Waals surface area (Å²) in [4.78, 5) is 10.8. The number of carbonyl (C=O) groups is 1. The third-order valence-electron chi connectivity index (χ3n) is 2.35. The van der Waals surface area contributed by atoms with Crippen LogP contribution in [0.15, 0.2) is 0 Å². The molecular formula is C11H22O3S. The molecule has 0 rings (SSSR count). The fraction of sp³-hybridized carbons (Fsp3) is 0.909. The van der Waals surface area contributed by atoms with Gasteiger partial charge in [-0.15, -0.1) is 0 Å².